The van der Waals surface area contributed by atoms with Gasteiger partial charge >= 0.3 is 0 Å². The molecule has 0 radical (unpaired) electrons. The summed E-state index contributed by atoms with van der Waals surface area (Å²) >= 11 is 0. The highest BCUT2D eigenvalue weighted by Crippen LogP contribution is 2.63. The van der Waals surface area contributed by atoms with Crippen LogP contribution in [0.3, 0.4) is 0 Å². The lowest BCUT2D eigenvalue weighted by atomic mass is 9.49. The average molecular weight is 585 g/mol. The molecule has 0 N–H and O–H groups in total. The van der Waals surface area contributed by atoms with Crippen LogP contribution in [0.2, 0.25) is 0 Å². The summed E-state index contributed by atoms with van der Waals surface area (Å²) in [6.07, 6.45) is 13.9. The Morgan fingerprint density at radius 3 is 1.00 bits per heavy atom. The molecule has 8 saturated carbocycles. The Morgan fingerprint density at radius 1 is 0.432 bits per heavy atom. The first kappa shape index (κ1) is 27.0. The van der Waals surface area contributed by atoms with Crippen LogP contribution in [0.4, 0.5) is 22.7 Å². The standard InChI is InChI=1S/C40H44N2O2/c43-37(39-21-27-15-28(22-39)17-29(16-27)23-39)41(33-9-3-1-4-10-33)35-13-7-8-14-36(35)42(34-11-5-2-6-12-34)38(44)40-24-30-18-31(25-40)20-32(19-30)26-40/h1-14,27-32H,15-26H2. The highest BCUT2D eigenvalue weighted by molar-refractivity contribution is 6.12. The molecular weight excluding hydrogens is 540 g/mol. The summed E-state index contributed by atoms with van der Waals surface area (Å²) in [5.41, 5.74) is 2.85. The SMILES string of the molecule is O=C(N(c1ccccc1)c1ccccc1N(C(=O)C12CC3CC(CC(C3)C1)C2)c1ccccc1)C12CC3CC(CC(C3)C1)C2. The van der Waals surface area contributed by atoms with Gasteiger partial charge in [-0.2, -0.15) is 0 Å². The number of amides is 2. The van der Waals surface area contributed by atoms with E-state index < -0.39 is 0 Å². The van der Waals surface area contributed by atoms with Gasteiger partial charge in [-0.1, -0.05) is 48.5 Å². The van der Waals surface area contributed by atoms with Gasteiger partial charge in [0.1, 0.15) is 0 Å². The van der Waals surface area contributed by atoms with Crippen molar-refractivity contribution in [1.82, 2.24) is 0 Å². The molecular formula is C40H44N2O2. The molecule has 0 saturated heterocycles. The van der Waals surface area contributed by atoms with E-state index in [-0.39, 0.29) is 22.6 Å². The Labute approximate surface area is 261 Å². The molecule has 8 fully saturated rings. The van der Waals surface area contributed by atoms with E-state index in [9.17, 15) is 0 Å². The molecule has 8 aliphatic rings. The molecule has 0 unspecified atom stereocenters. The van der Waals surface area contributed by atoms with Gasteiger partial charge in [-0.25, -0.2) is 0 Å². The lowest BCUT2D eigenvalue weighted by molar-refractivity contribution is -0.143. The summed E-state index contributed by atoms with van der Waals surface area (Å²) < 4.78 is 0. The third-order valence-electron chi connectivity index (χ3n) is 12.8. The van der Waals surface area contributed by atoms with E-state index in [1.165, 1.54) is 38.5 Å². The van der Waals surface area contributed by atoms with Crippen molar-refractivity contribution in [1.29, 1.82) is 0 Å². The normalized spacial score (nSPS) is 35.9. The first-order valence-electron chi connectivity index (χ1n) is 17.4. The number of para-hydroxylation sites is 4. The van der Waals surface area contributed by atoms with Crippen molar-refractivity contribution in [2.75, 3.05) is 9.80 Å². The van der Waals surface area contributed by atoms with Gasteiger partial charge in [-0.05, 0) is 149 Å². The second-order valence-electron chi connectivity index (χ2n) is 15.8. The molecule has 3 aromatic rings. The third-order valence-corrected chi connectivity index (χ3v) is 12.8. The summed E-state index contributed by atoms with van der Waals surface area (Å²) in [5.74, 6) is 4.55. The van der Waals surface area contributed by atoms with Gasteiger partial charge in [0.05, 0.1) is 22.2 Å². The van der Waals surface area contributed by atoms with Gasteiger partial charge in [-0.3, -0.25) is 19.4 Å². The number of nitrogens with zero attached hydrogens (tertiary/aromatic N) is 2. The van der Waals surface area contributed by atoms with Crippen molar-refractivity contribution >= 4 is 34.6 Å². The maximum Gasteiger partial charge on any atom is 0.237 e. The number of rotatable bonds is 6. The molecule has 0 atom stereocenters. The van der Waals surface area contributed by atoms with E-state index in [0.717, 1.165) is 61.3 Å². The van der Waals surface area contributed by atoms with E-state index in [1.807, 2.05) is 58.3 Å². The van der Waals surface area contributed by atoms with Crippen molar-refractivity contribution < 1.29 is 9.59 Å². The summed E-state index contributed by atoms with van der Waals surface area (Å²) in [4.78, 5) is 34.5. The topological polar surface area (TPSA) is 40.6 Å². The highest BCUT2D eigenvalue weighted by atomic mass is 16.2. The van der Waals surface area contributed by atoms with Crippen LogP contribution in [0.5, 0.6) is 0 Å². The minimum atomic E-state index is -0.306. The molecule has 3 aromatic carbocycles. The van der Waals surface area contributed by atoms with Crippen molar-refractivity contribution in [3.63, 3.8) is 0 Å². The fraction of sp³-hybridized carbons (Fsp3) is 0.500. The smallest absolute Gasteiger partial charge is 0.237 e. The quantitative estimate of drug-likeness (QED) is 0.290. The summed E-state index contributed by atoms with van der Waals surface area (Å²) in [5, 5.41) is 0. The first-order chi connectivity index (χ1) is 21.5. The maximum absolute atomic E-state index is 15.2. The number of hydrogen-bond donors (Lipinski definition) is 0. The minimum Gasteiger partial charge on any atom is -0.278 e. The molecule has 4 heteroatoms. The molecule has 11 rings (SSSR count). The fourth-order valence-electron chi connectivity index (χ4n) is 11.9. The van der Waals surface area contributed by atoms with E-state index in [0.29, 0.717) is 35.5 Å². The zero-order valence-corrected chi connectivity index (χ0v) is 25.7. The molecule has 226 valence electrons. The minimum absolute atomic E-state index is 0.241. The van der Waals surface area contributed by atoms with Gasteiger partial charge in [0, 0.05) is 11.4 Å². The predicted molar refractivity (Wildman–Crippen MR) is 175 cm³/mol. The van der Waals surface area contributed by atoms with E-state index in [1.54, 1.807) is 0 Å². The Kier molecular flexibility index (Phi) is 6.16. The van der Waals surface area contributed by atoms with Crippen LogP contribution in [0.25, 0.3) is 0 Å². The molecule has 8 aliphatic carbocycles. The number of carbonyl (C=O) groups excluding carboxylic acids is 2. The largest absolute Gasteiger partial charge is 0.278 e. The number of carbonyl (C=O) groups is 2. The molecule has 0 spiro atoms. The number of benzene rings is 3. The molecule has 0 heterocycles. The van der Waals surface area contributed by atoms with Crippen molar-refractivity contribution in [2.24, 2.45) is 46.3 Å². The molecule has 4 nitrogen and oxygen atoms in total. The van der Waals surface area contributed by atoms with Crippen LogP contribution in [-0.4, -0.2) is 11.8 Å². The Bertz CT molecular complexity index is 1390. The monoisotopic (exact) mass is 584 g/mol. The van der Waals surface area contributed by atoms with E-state index in [2.05, 4.69) is 36.4 Å². The van der Waals surface area contributed by atoms with Crippen molar-refractivity contribution in [2.45, 2.75) is 77.0 Å². The van der Waals surface area contributed by atoms with Crippen LogP contribution < -0.4 is 9.80 Å². The van der Waals surface area contributed by atoms with Crippen LogP contribution in [0.1, 0.15) is 77.0 Å². The summed E-state index contributed by atoms with van der Waals surface area (Å²) in [7, 11) is 0. The van der Waals surface area contributed by atoms with Crippen LogP contribution >= 0.6 is 0 Å². The Hall–Kier alpha value is -3.40. The van der Waals surface area contributed by atoms with Gasteiger partial charge in [0.2, 0.25) is 11.8 Å². The fourth-order valence-corrected chi connectivity index (χ4v) is 11.9. The summed E-state index contributed by atoms with van der Waals surface area (Å²) in [6, 6.07) is 28.7. The molecule has 0 aromatic heterocycles. The predicted octanol–water partition coefficient (Wildman–Crippen LogP) is 9.45. The van der Waals surface area contributed by atoms with Crippen LogP contribution in [0.15, 0.2) is 84.9 Å². The highest BCUT2D eigenvalue weighted by Gasteiger charge is 2.58. The van der Waals surface area contributed by atoms with E-state index in [4.69, 9.17) is 0 Å². The number of hydrogen-bond acceptors (Lipinski definition) is 2. The lowest BCUT2D eigenvalue weighted by Crippen LogP contribution is -2.55. The average Bonchev–Trinajstić information content (AvgIpc) is 3.02. The summed E-state index contributed by atoms with van der Waals surface area (Å²) in [6.45, 7) is 0. The van der Waals surface area contributed by atoms with Gasteiger partial charge < -0.3 is 0 Å². The molecule has 44 heavy (non-hydrogen) atoms. The first-order valence-corrected chi connectivity index (χ1v) is 17.4. The van der Waals surface area contributed by atoms with Gasteiger partial charge in [0.25, 0.3) is 0 Å². The second kappa shape index (κ2) is 10.1. The van der Waals surface area contributed by atoms with Gasteiger partial charge in [0.15, 0.2) is 0 Å². The second-order valence-corrected chi connectivity index (χ2v) is 15.8. The Balaban J connectivity index is 1.18. The maximum atomic E-state index is 15.2. The van der Waals surface area contributed by atoms with Gasteiger partial charge in [-0.15, -0.1) is 0 Å². The zero-order chi connectivity index (χ0) is 29.5. The zero-order valence-electron chi connectivity index (χ0n) is 25.7. The lowest BCUT2D eigenvalue weighted by Gasteiger charge is -2.57. The Morgan fingerprint density at radius 2 is 0.705 bits per heavy atom. The molecule has 0 aliphatic heterocycles. The molecule has 8 bridgehead atoms. The van der Waals surface area contributed by atoms with Crippen molar-refractivity contribution in [3.05, 3.63) is 84.9 Å². The molecule has 2 amide bonds. The van der Waals surface area contributed by atoms with Crippen LogP contribution in [0, 0.1) is 46.3 Å². The van der Waals surface area contributed by atoms with Crippen LogP contribution in [-0.2, 0) is 9.59 Å². The number of anilines is 4. The third kappa shape index (κ3) is 4.23. The van der Waals surface area contributed by atoms with Crippen molar-refractivity contribution in [3.8, 4) is 0 Å². The van der Waals surface area contributed by atoms with E-state index >= 15 is 9.59 Å².